The number of halogens is 1. The fraction of sp³-hybridized carbons (Fsp3) is 0.714. The van der Waals surface area contributed by atoms with Gasteiger partial charge in [0.25, 0.3) is 0 Å². The molecule has 0 radical (unpaired) electrons. The molecule has 0 atom stereocenters. The van der Waals surface area contributed by atoms with Gasteiger partial charge in [-0.05, 0) is 40.3 Å². The van der Waals surface area contributed by atoms with E-state index in [0.29, 0.717) is 5.41 Å². The lowest BCUT2D eigenvalue weighted by Gasteiger charge is -2.50. The van der Waals surface area contributed by atoms with Crippen LogP contribution in [0, 0.1) is 5.41 Å². The SMILES string of the molecule is CCCC1(CCC)CN(Cc2cc(Br)cs2)C1. The molecule has 96 valence electrons. The Morgan fingerprint density at radius 1 is 1.29 bits per heavy atom. The zero-order valence-corrected chi connectivity index (χ0v) is 13.2. The summed E-state index contributed by atoms with van der Waals surface area (Å²) in [6.07, 6.45) is 5.48. The van der Waals surface area contributed by atoms with Crippen LogP contribution in [0.15, 0.2) is 15.9 Å². The number of likely N-dealkylation sites (tertiary alicyclic amines) is 1. The number of hydrogen-bond acceptors (Lipinski definition) is 2. The second-order valence-electron chi connectivity index (χ2n) is 5.38. The van der Waals surface area contributed by atoms with Crippen LogP contribution in [-0.4, -0.2) is 18.0 Å². The second kappa shape index (κ2) is 5.85. The van der Waals surface area contributed by atoms with E-state index < -0.39 is 0 Å². The average molecular weight is 316 g/mol. The van der Waals surface area contributed by atoms with E-state index in [1.54, 1.807) is 0 Å². The quantitative estimate of drug-likeness (QED) is 0.720. The Balaban J connectivity index is 1.84. The van der Waals surface area contributed by atoms with Crippen LogP contribution in [0.25, 0.3) is 0 Å². The molecule has 1 aromatic heterocycles. The van der Waals surface area contributed by atoms with Gasteiger partial charge in [-0.3, -0.25) is 4.90 Å². The first-order chi connectivity index (χ1) is 8.17. The van der Waals surface area contributed by atoms with Gasteiger partial charge in [-0.2, -0.15) is 0 Å². The molecule has 1 aromatic rings. The normalized spacial score (nSPS) is 19.2. The molecule has 17 heavy (non-hydrogen) atoms. The summed E-state index contributed by atoms with van der Waals surface area (Å²) >= 11 is 5.39. The Labute approximate surface area is 117 Å². The van der Waals surface area contributed by atoms with Crippen molar-refractivity contribution in [1.82, 2.24) is 4.90 Å². The van der Waals surface area contributed by atoms with Crippen molar-refractivity contribution >= 4 is 27.3 Å². The zero-order chi connectivity index (χ0) is 12.3. The van der Waals surface area contributed by atoms with E-state index in [0.717, 1.165) is 6.54 Å². The monoisotopic (exact) mass is 315 g/mol. The largest absolute Gasteiger partial charge is 0.297 e. The van der Waals surface area contributed by atoms with Crippen LogP contribution in [0.4, 0.5) is 0 Å². The van der Waals surface area contributed by atoms with Crippen molar-refractivity contribution in [3.8, 4) is 0 Å². The summed E-state index contributed by atoms with van der Waals surface area (Å²) in [5, 5.41) is 2.18. The number of nitrogens with zero attached hydrogens (tertiary/aromatic N) is 1. The molecule has 1 nitrogen and oxygen atoms in total. The fourth-order valence-corrected chi connectivity index (χ4v) is 4.67. The Bertz CT molecular complexity index is 347. The molecule has 0 spiro atoms. The molecule has 1 aliphatic rings. The Morgan fingerprint density at radius 3 is 2.41 bits per heavy atom. The summed E-state index contributed by atoms with van der Waals surface area (Å²) in [4.78, 5) is 4.09. The molecular formula is C14H22BrNS. The highest BCUT2D eigenvalue weighted by Crippen LogP contribution is 2.40. The van der Waals surface area contributed by atoms with E-state index in [1.807, 2.05) is 11.3 Å². The van der Waals surface area contributed by atoms with Crippen molar-refractivity contribution in [3.63, 3.8) is 0 Å². The first kappa shape index (κ1) is 13.6. The molecule has 0 unspecified atom stereocenters. The third-order valence-electron chi connectivity index (χ3n) is 3.68. The summed E-state index contributed by atoms with van der Waals surface area (Å²) in [7, 11) is 0. The predicted molar refractivity (Wildman–Crippen MR) is 79.5 cm³/mol. The first-order valence-corrected chi connectivity index (χ1v) is 8.30. The van der Waals surface area contributed by atoms with Crippen molar-refractivity contribution < 1.29 is 0 Å². The molecule has 0 N–H and O–H groups in total. The molecule has 0 bridgehead atoms. The summed E-state index contributed by atoms with van der Waals surface area (Å²) in [5.74, 6) is 0. The minimum atomic E-state index is 0.651. The van der Waals surface area contributed by atoms with Crippen molar-refractivity contribution in [2.75, 3.05) is 13.1 Å². The third kappa shape index (κ3) is 3.33. The molecule has 1 aliphatic heterocycles. The average Bonchev–Trinajstić information content (AvgIpc) is 2.62. The summed E-state index contributed by atoms with van der Waals surface area (Å²) in [5.41, 5.74) is 0.651. The zero-order valence-electron chi connectivity index (χ0n) is 10.8. The molecule has 0 saturated carbocycles. The van der Waals surface area contributed by atoms with Gasteiger partial charge in [0.2, 0.25) is 0 Å². The van der Waals surface area contributed by atoms with Crippen molar-refractivity contribution in [1.29, 1.82) is 0 Å². The maximum atomic E-state index is 3.53. The van der Waals surface area contributed by atoms with Gasteiger partial charge in [0.1, 0.15) is 0 Å². The summed E-state index contributed by atoms with van der Waals surface area (Å²) in [6, 6.07) is 2.25. The molecule has 2 heterocycles. The van der Waals surface area contributed by atoms with Gasteiger partial charge in [0.05, 0.1) is 0 Å². The predicted octanol–water partition coefficient (Wildman–Crippen LogP) is 4.91. The molecule has 2 rings (SSSR count). The standard InChI is InChI=1S/C14H22BrNS/c1-3-5-14(6-4-2)10-16(11-14)8-13-7-12(15)9-17-13/h7,9H,3-6,8,10-11H2,1-2H3. The van der Waals surface area contributed by atoms with Gasteiger partial charge in [-0.25, -0.2) is 0 Å². The van der Waals surface area contributed by atoms with Gasteiger partial charge in [0.15, 0.2) is 0 Å². The molecular weight excluding hydrogens is 294 g/mol. The smallest absolute Gasteiger partial charge is 0.0328 e. The van der Waals surface area contributed by atoms with Gasteiger partial charge < -0.3 is 0 Å². The minimum absolute atomic E-state index is 0.651. The lowest BCUT2D eigenvalue weighted by molar-refractivity contribution is -0.0197. The van der Waals surface area contributed by atoms with Crippen LogP contribution in [0.1, 0.15) is 44.4 Å². The van der Waals surface area contributed by atoms with Crippen LogP contribution < -0.4 is 0 Å². The second-order valence-corrected chi connectivity index (χ2v) is 7.29. The summed E-state index contributed by atoms with van der Waals surface area (Å²) < 4.78 is 1.23. The van der Waals surface area contributed by atoms with Crippen molar-refractivity contribution in [2.24, 2.45) is 5.41 Å². The number of thiophene rings is 1. The van der Waals surface area contributed by atoms with Gasteiger partial charge >= 0.3 is 0 Å². The lowest BCUT2D eigenvalue weighted by Crippen LogP contribution is -2.55. The van der Waals surface area contributed by atoms with E-state index in [-0.39, 0.29) is 0 Å². The van der Waals surface area contributed by atoms with Gasteiger partial charge in [-0.15, -0.1) is 11.3 Å². The van der Waals surface area contributed by atoms with E-state index in [9.17, 15) is 0 Å². The van der Waals surface area contributed by atoms with Crippen LogP contribution in [0.2, 0.25) is 0 Å². The van der Waals surface area contributed by atoms with Crippen molar-refractivity contribution in [2.45, 2.75) is 46.1 Å². The Kier molecular flexibility index (Phi) is 4.67. The van der Waals surface area contributed by atoms with Crippen LogP contribution >= 0.6 is 27.3 Å². The van der Waals surface area contributed by atoms with Crippen LogP contribution in [-0.2, 0) is 6.54 Å². The maximum absolute atomic E-state index is 3.53. The molecule has 3 heteroatoms. The molecule has 0 aromatic carbocycles. The van der Waals surface area contributed by atoms with Crippen molar-refractivity contribution in [3.05, 3.63) is 20.8 Å². The third-order valence-corrected chi connectivity index (χ3v) is 5.36. The summed E-state index contributed by atoms with van der Waals surface area (Å²) in [6.45, 7) is 8.40. The highest BCUT2D eigenvalue weighted by Gasteiger charge is 2.40. The minimum Gasteiger partial charge on any atom is -0.297 e. The van der Waals surface area contributed by atoms with E-state index in [4.69, 9.17) is 0 Å². The molecule has 1 saturated heterocycles. The Morgan fingerprint density at radius 2 is 1.94 bits per heavy atom. The van der Waals surface area contributed by atoms with E-state index >= 15 is 0 Å². The molecule has 0 amide bonds. The van der Waals surface area contributed by atoms with E-state index in [2.05, 4.69) is 46.1 Å². The van der Waals surface area contributed by atoms with Gasteiger partial charge in [-0.1, -0.05) is 26.7 Å². The maximum Gasteiger partial charge on any atom is 0.0328 e. The van der Waals surface area contributed by atoms with Gasteiger partial charge in [0, 0.05) is 34.4 Å². The molecule has 0 aliphatic carbocycles. The van der Waals surface area contributed by atoms with E-state index in [1.165, 1.54) is 48.1 Å². The number of hydrogen-bond donors (Lipinski definition) is 0. The number of rotatable bonds is 6. The Hall–Kier alpha value is 0.140. The topological polar surface area (TPSA) is 3.24 Å². The fourth-order valence-electron chi connectivity index (χ4n) is 3.17. The van der Waals surface area contributed by atoms with Crippen LogP contribution in [0.3, 0.4) is 0 Å². The highest BCUT2D eigenvalue weighted by molar-refractivity contribution is 9.10. The highest BCUT2D eigenvalue weighted by atomic mass is 79.9. The first-order valence-electron chi connectivity index (χ1n) is 6.63. The molecule has 1 fully saturated rings. The lowest BCUT2D eigenvalue weighted by atomic mass is 9.72. The van der Waals surface area contributed by atoms with Crippen LogP contribution in [0.5, 0.6) is 0 Å².